The molecule has 0 aliphatic carbocycles. The van der Waals surface area contributed by atoms with Crippen LogP contribution in [0.15, 0.2) is 18.0 Å². The maximum Gasteiger partial charge on any atom is 0.469 e. The molecule has 10 nitrogen and oxygen atoms in total. The molecular formula is C14H21N2O8P. The molecule has 1 aromatic rings. The van der Waals surface area contributed by atoms with E-state index >= 15 is 0 Å². The largest absolute Gasteiger partial charge is 0.513 e. The number of allylic oxidation sites excluding steroid dienone is 2. The third-order valence-electron chi connectivity index (χ3n) is 3.39. The van der Waals surface area contributed by atoms with Crippen LogP contribution in [-0.4, -0.2) is 42.1 Å². The van der Waals surface area contributed by atoms with Crippen molar-refractivity contribution in [1.29, 1.82) is 0 Å². The van der Waals surface area contributed by atoms with Gasteiger partial charge in [0.15, 0.2) is 0 Å². The summed E-state index contributed by atoms with van der Waals surface area (Å²) in [6.45, 7) is 1.07. The number of pyridine rings is 1. The molecule has 0 radical (unpaired) electrons. The number of hydrogen-bond acceptors (Lipinski definition) is 7. The number of phosphoric acid groups is 1. The maximum absolute atomic E-state index is 10.8. The monoisotopic (exact) mass is 376 g/mol. The highest BCUT2D eigenvalue weighted by Crippen LogP contribution is 2.38. The first-order chi connectivity index (χ1) is 11.5. The van der Waals surface area contributed by atoms with Crippen molar-refractivity contribution in [3.8, 4) is 5.75 Å². The maximum atomic E-state index is 10.8. The smallest absolute Gasteiger partial charge is 0.469 e. The summed E-state index contributed by atoms with van der Waals surface area (Å²) >= 11 is 0. The lowest BCUT2D eigenvalue weighted by atomic mass is 10.0. The lowest BCUT2D eigenvalue weighted by Gasteiger charge is -2.12. The molecule has 0 saturated carbocycles. The molecule has 0 aliphatic heterocycles. The van der Waals surface area contributed by atoms with Gasteiger partial charge >= 0.3 is 13.8 Å². The molecule has 25 heavy (non-hydrogen) atoms. The molecule has 1 atom stereocenters. The molecule has 0 aromatic carbocycles. The average Bonchev–Trinajstić information content (AvgIpc) is 2.51. The number of hydrogen-bond donors (Lipinski definition) is 6. The standard InChI is InChI=1S/C14H21N2O8P/c1-8-13(18)11(9(6-16-8)7-24-25(21,22)23)4-2-10(17)3-5-12(15)14(19)20/h2,6,12,17-18H,3-5,7,15H2,1H3,(H,19,20)(H2,21,22,23). The number of aryl methyl sites for hydroxylation is 1. The van der Waals surface area contributed by atoms with Crippen molar-refractivity contribution in [3.05, 3.63) is 34.9 Å². The highest BCUT2D eigenvalue weighted by molar-refractivity contribution is 7.46. The summed E-state index contributed by atoms with van der Waals surface area (Å²) in [7, 11) is -4.69. The van der Waals surface area contributed by atoms with Gasteiger partial charge in [-0.25, -0.2) is 4.57 Å². The highest BCUT2D eigenvalue weighted by atomic mass is 31.2. The zero-order valence-electron chi connectivity index (χ0n) is 13.5. The molecule has 0 aliphatic rings. The van der Waals surface area contributed by atoms with Crippen molar-refractivity contribution in [3.63, 3.8) is 0 Å². The average molecular weight is 376 g/mol. The van der Waals surface area contributed by atoms with Gasteiger partial charge in [-0.15, -0.1) is 0 Å². The van der Waals surface area contributed by atoms with Crippen LogP contribution in [0.25, 0.3) is 0 Å². The molecule has 11 heteroatoms. The molecule has 0 fully saturated rings. The van der Waals surface area contributed by atoms with Gasteiger partial charge in [-0.05, 0) is 25.8 Å². The fourth-order valence-corrected chi connectivity index (χ4v) is 2.25. The second kappa shape index (κ2) is 8.93. The van der Waals surface area contributed by atoms with E-state index in [1.165, 1.54) is 12.3 Å². The van der Waals surface area contributed by atoms with Crippen molar-refractivity contribution in [2.24, 2.45) is 5.73 Å². The Balaban J connectivity index is 2.88. The van der Waals surface area contributed by atoms with Crippen LogP contribution in [0.5, 0.6) is 5.75 Å². The van der Waals surface area contributed by atoms with E-state index in [1.54, 1.807) is 6.92 Å². The van der Waals surface area contributed by atoms with E-state index < -0.39 is 26.4 Å². The highest BCUT2D eigenvalue weighted by Gasteiger charge is 2.18. The van der Waals surface area contributed by atoms with Crippen LogP contribution in [0.4, 0.5) is 0 Å². The molecule has 1 aromatic heterocycles. The molecule has 140 valence electrons. The van der Waals surface area contributed by atoms with Crippen molar-refractivity contribution < 1.29 is 39.0 Å². The van der Waals surface area contributed by atoms with Crippen molar-refractivity contribution in [1.82, 2.24) is 4.98 Å². The summed E-state index contributed by atoms with van der Waals surface area (Å²) in [5.41, 5.74) is 6.18. The number of carbonyl (C=O) groups is 1. The number of carboxylic acid groups (broad SMARTS) is 1. The van der Waals surface area contributed by atoms with E-state index in [9.17, 15) is 19.6 Å². The van der Waals surface area contributed by atoms with E-state index in [2.05, 4.69) is 9.51 Å². The van der Waals surface area contributed by atoms with Crippen LogP contribution in [0.1, 0.15) is 29.7 Å². The minimum Gasteiger partial charge on any atom is -0.513 e. The fourth-order valence-electron chi connectivity index (χ4n) is 1.94. The fraction of sp³-hybridized carbons (Fsp3) is 0.429. The summed E-state index contributed by atoms with van der Waals surface area (Å²) in [5.74, 6) is -1.47. The SMILES string of the molecule is Cc1ncc(COP(=O)(O)O)c(CC=C(O)CCC(N)C(=O)O)c1O. The van der Waals surface area contributed by atoms with Gasteiger partial charge in [-0.1, -0.05) is 0 Å². The molecule has 0 spiro atoms. The minimum absolute atomic E-state index is 0.0309. The molecule has 1 heterocycles. The van der Waals surface area contributed by atoms with E-state index in [4.69, 9.17) is 20.6 Å². The number of nitrogens with two attached hydrogens (primary N) is 1. The van der Waals surface area contributed by atoms with Crippen LogP contribution in [0.3, 0.4) is 0 Å². The minimum atomic E-state index is -4.69. The summed E-state index contributed by atoms with van der Waals surface area (Å²) in [5, 5.41) is 28.6. The van der Waals surface area contributed by atoms with Gasteiger partial charge in [0.2, 0.25) is 0 Å². The number of aromatic nitrogens is 1. The topological polar surface area (TPSA) is 183 Å². The second-order valence-electron chi connectivity index (χ2n) is 5.34. The summed E-state index contributed by atoms with van der Waals surface area (Å²) in [4.78, 5) is 32.1. The van der Waals surface area contributed by atoms with Crippen molar-refractivity contribution in [2.75, 3.05) is 0 Å². The number of carboxylic acids is 1. The lowest BCUT2D eigenvalue weighted by Crippen LogP contribution is -2.29. The third-order valence-corrected chi connectivity index (χ3v) is 3.85. The Morgan fingerprint density at radius 2 is 2.08 bits per heavy atom. The first kappa shape index (κ1) is 21.1. The predicted octanol–water partition coefficient (Wildman–Crippen LogP) is 0.881. The van der Waals surface area contributed by atoms with Crippen LogP contribution in [0.2, 0.25) is 0 Å². The first-order valence-corrected chi connectivity index (χ1v) is 8.77. The molecule has 0 bridgehead atoms. The summed E-state index contributed by atoms with van der Waals surface area (Å²) < 4.78 is 15.2. The number of phosphoric ester groups is 1. The Labute approximate surface area is 143 Å². The Morgan fingerprint density at radius 1 is 1.44 bits per heavy atom. The second-order valence-corrected chi connectivity index (χ2v) is 6.58. The van der Waals surface area contributed by atoms with Gasteiger partial charge in [-0.3, -0.25) is 14.3 Å². The summed E-state index contributed by atoms with van der Waals surface area (Å²) in [6, 6.07) is -1.10. The number of aliphatic hydroxyl groups excluding tert-OH is 1. The quantitative estimate of drug-likeness (QED) is 0.267. The van der Waals surface area contributed by atoms with Crippen LogP contribution < -0.4 is 5.73 Å². The number of aliphatic carboxylic acids is 1. The van der Waals surface area contributed by atoms with Crippen LogP contribution in [0, 0.1) is 6.92 Å². The molecule has 1 unspecified atom stereocenters. The first-order valence-electron chi connectivity index (χ1n) is 7.24. The lowest BCUT2D eigenvalue weighted by molar-refractivity contribution is -0.138. The Hall–Kier alpha value is -1.97. The van der Waals surface area contributed by atoms with Gasteiger partial charge in [0.25, 0.3) is 0 Å². The molecule has 0 amide bonds. The predicted molar refractivity (Wildman–Crippen MR) is 86.7 cm³/mol. The van der Waals surface area contributed by atoms with Gasteiger partial charge in [0, 0.05) is 23.7 Å². The van der Waals surface area contributed by atoms with E-state index in [-0.39, 0.29) is 41.9 Å². The zero-order chi connectivity index (χ0) is 19.2. The van der Waals surface area contributed by atoms with Crippen molar-refractivity contribution in [2.45, 2.75) is 38.8 Å². The number of rotatable bonds is 9. The van der Waals surface area contributed by atoms with Crippen LogP contribution in [-0.2, 0) is 26.9 Å². The molecule has 7 N–H and O–H groups in total. The molecule has 0 saturated heterocycles. The third kappa shape index (κ3) is 7.20. The van der Waals surface area contributed by atoms with Crippen molar-refractivity contribution >= 4 is 13.8 Å². The van der Waals surface area contributed by atoms with Gasteiger partial charge in [-0.2, -0.15) is 0 Å². The van der Waals surface area contributed by atoms with E-state index in [1.807, 2.05) is 0 Å². The van der Waals surface area contributed by atoms with E-state index in [0.717, 1.165) is 0 Å². The Kier molecular flexibility index (Phi) is 7.53. The number of aliphatic hydroxyl groups is 1. The van der Waals surface area contributed by atoms with E-state index in [0.29, 0.717) is 5.69 Å². The normalized spacial score (nSPS) is 13.7. The van der Waals surface area contributed by atoms with Gasteiger partial charge < -0.3 is 30.8 Å². The van der Waals surface area contributed by atoms with Gasteiger partial charge in [0.05, 0.1) is 18.1 Å². The zero-order valence-corrected chi connectivity index (χ0v) is 14.4. The molecule has 1 rings (SSSR count). The molecular weight excluding hydrogens is 355 g/mol. The number of aromatic hydroxyl groups is 1. The van der Waals surface area contributed by atoms with Crippen LogP contribution >= 0.6 is 7.82 Å². The number of nitrogens with zero attached hydrogens (tertiary/aromatic N) is 1. The van der Waals surface area contributed by atoms with Gasteiger partial charge in [0.1, 0.15) is 11.8 Å². The summed E-state index contributed by atoms with van der Waals surface area (Å²) in [6.07, 6.45) is 2.76. The Bertz CT molecular complexity index is 700. The Morgan fingerprint density at radius 3 is 2.64 bits per heavy atom.